The van der Waals surface area contributed by atoms with Crippen molar-refractivity contribution in [3.63, 3.8) is 0 Å². The largest absolute Gasteiger partial charge is 0.497 e. The van der Waals surface area contributed by atoms with E-state index < -0.39 is 6.10 Å². The minimum atomic E-state index is -0.646. The summed E-state index contributed by atoms with van der Waals surface area (Å²) in [4.78, 5) is 0. The molecular formula is C14H22O5. The third-order valence-corrected chi connectivity index (χ3v) is 2.76. The van der Waals surface area contributed by atoms with Gasteiger partial charge < -0.3 is 24.1 Å². The van der Waals surface area contributed by atoms with Gasteiger partial charge in [0.2, 0.25) is 0 Å². The van der Waals surface area contributed by atoms with Crippen LogP contribution < -0.4 is 9.47 Å². The third-order valence-electron chi connectivity index (χ3n) is 2.76. The lowest BCUT2D eigenvalue weighted by molar-refractivity contribution is 0.0470. The van der Waals surface area contributed by atoms with Crippen LogP contribution in [0.3, 0.4) is 0 Å². The molecule has 19 heavy (non-hydrogen) atoms. The van der Waals surface area contributed by atoms with Crippen molar-refractivity contribution in [3.05, 3.63) is 23.8 Å². The van der Waals surface area contributed by atoms with E-state index in [4.69, 9.17) is 18.9 Å². The van der Waals surface area contributed by atoms with Crippen molar-refractivity contribution in [3.8, 4) is 11.5 Å². The first-order valence-electron chi connectivity index (χ1n) is 6.19. The fourth-order valence-corrected chi connectivity index (χ4v) is 1.69. The van der Waals surface area contributed by atoms with Crippen molar-refractivity contribution in [1.82, 2.24) is 0 Å². The predicted octanol–water partition coefficient (Wildman–Crippen LogP) is 1.79. The summed E-state index contributed by atoms with van der Waals surface area (Å²) in [7, 11) is 4.79. The van der Waals surface area contributed by atoms with Crippen LogP contribution in [-0.2, 0) is 9.47 Å². The van der Waals surface area contributed by atoms with Gasteiger partial charge in [-0.2, -0.15) is 0 Å². The Morgan fingerprint density at radius 2 is 1.84 bits per heavy atom. The number of hydrogen-bond donors (Lipinski definition) is 1. The molecule has 0 amide bonds. The van der Waals surface area contributed by atoms with Crippen molar-refractivity contribution >= 4 is 0 Å². The summed E-state index contributed by atoms with van der Waals surface area (Å²) >= 11 is 0. The maximum atomic E-state index is 10.2. The second-order valence-electron chi connectivity index (χ2n) is 4.02. The molecule has 0 saturated carbocycles. The van der Waals surface area contributed by atoms with Gasteiger partial charge in [-0.1, -0.05) is 0 Å². The van der Waals surface area contributed by atoms with Crippen LogP contribution in [0, 0.1) is 0 Å². The molecule has 0 aliphatic carbocycles. The molecule has 1 aromatic carbocycles. The Labute approximate surface area is 114 Å². The van der Waals surface area contributed by atoms with Crippen molar-refractivity contribution in [1.29, 1.82) is 0 Å². The van der Waals surface area contributed by atoms with Gasteiger partial charge in [-0.15, -0.1) is 0 Å². The molecule has 0 aromatic heterocycles. The van der Waals surface area contributed by atoms with Gasteiger partial charge in [0.1, 0.15) is 11.5 Å². The monoisotopic (exact) mass is 270 g/mol. The van der Waals surface area contributed by atoms with Gasteiger partial charge in [-0.3, -0.25) is 0 Å². The number of aliphatic hydroxyl groups is 1. The molecule has 0 fully saturated rings. The van der Waals surface area contributed by atoms with Crippen molar-refractivity contribution in [2.75, 3.05) is 41.2 Å². The van der Waals surface area contributed by atoms with Crippen LogP contribution in [0.2, 0.25) is 0 Å². The second-order valence-corrected chi connectivity index (χ2v) is 4.02. The van der Waals surface area contributed by atoms with Crippen LogP contribution in [0.1, 0.15) is 18.1 Å². The molecule has 0 aliphatic rings. The van der Waals surface area contributed by atoms with E-state index in [2.05, 4.69) is 0 Å². The summed E-state index contributed by atoms with van der Waals surface area (Å²) in [6.45, 7) is 1.54. The van der Waals surface area contributed by atoms with Crippen LogP contribution in [0.4, 0.5) is 0 Å². The zero-order valence-electron chi connectivity index (χ0n) is 11.7. The van der Waals surface area contributed by atoms with E-state index in [1.165, 1.54) is 0 Å². The van der Waals surface area contributed by atoms with E-state index in [-0.39, 0.29) is 0 Å². The van der Waals surface area contributed by atoms with E-state index in [9.17, 15) is 5.11 Å². The Kier molecular flexibility index (Phi) is 7.25. The van der Waals surface area contributed by atoms with Crippen LogP contribution in [0.15, 0.2) is 18.2 Å². The molecule has 0 bridgehead atoms. The molecule has 5 heteroatoms. The van der Waals surface area contributed by atoms with Gasteiger partial charge in [0, 0.05) is 25.7 Å². The summed E-state index contributed by atoms with van der Waals surface area (Å²) in [5, 5.41) is 10.2. The highest BCUT2D eigenvalue weighted by Gasteiger charge is 2.14. The average molecular weight is 270 g/mol. The third kappa shape index (κ3) is 5.06. The van der Waals surface area contributed by atoms with E-state index in [1.54, 1.807) is 39.5 Å². The second kappa shape index (κ2) is 8.74. The van der Waals surface area contributed by atoms with E-state index >= 15 is 0 Å². The van der Waals surface area contributed by atoms with Gasteiger partial charge in [-0.25, -0.2) is 0 Å². The summed E-state index contributed by atoms with van der Waals surface area (Å²) < 4.78 is 20.6. The Balaban J connectivity index is 2.56. The zero-order chi connectivity index (χ0) is 14.1. The molecule has 1 rings (SSSR count). The van der Waals surface area contributed by atoms with Crippen LogP contribution in [-0.4, -0.2) is 46.3 Å². The average Bonchev–Trinajstić information content (AvgIpc) is 2.46. The van der Waals surface area contributed by atoms with Gasteiger partial charge in [0.25, 0.3) is 0 Å². The summed E-state index contributed by atoms with van der Waals surface area (Å²) in [5.41, 5.74) is 0.706. The molecule has 1 atom stereocenters. The first kappa shape index (κ1) is 15.8. The highest BCUT2D eigenvalue weighted by atomic mass is 16.5. The van der Waals surface area contributed by atoms with Crippen LogP contribution >= 0.6 is 0 Å². The number of ether oxygens (including phenoxy) is 4. The Morgan fingerprint density at radius 3 is 2.47 bits per heavy atom. The number of rotatable bonds is 9. The van der Waals surface area contributed by atoms with Crippen molar-refractivity contribution in [2.45, 2.75) is 12.5 Å². The lowest BCUT2D eigenvalue weighted by Gasteiger charge is -2.16. The molecule has 1 N–H and O–H groups in total. The standard InChI is InChI=1S/C14H22O5/c1-16-8-9-19-7-6-13(15)12-10-11(17-2)4-5-14(12)18-3/h4-5,10,13,15H,6-9H2,1-3H3. The smallest absolute Gasteiger partial charge is 0.124 e. The minimum Gasteiger partial charge on any atom is -0.497 e. The zero-order valence-corrected chi connectivity index (χ0v) is 11.7. The number of hydrogen-bond acceptors (Lipinski definition) is 5. The predicted molar refractivity (Wildman–Crippen MR) is 71.8 cm³/mol. The van der Waals surface area contributed by atoms with Gasteiger partial charge in [0.15, 0.2) is 0 Å². The molecule has 0 saturated heterocycles. The molecule has 0 spiro atoms. The maximum absolute atomic E-state index is 10.2. The van der Waals surface area contributed by atoms with Gasteiger partial charge >= 0.3 is 0 Å². The van der Waals surface area contributed by atoms with Crippen LogP contribution in [0.25, 0.3) is 0 Å². The van der Waals surface area contributed by atoms with Gasteiger partial charge in [0.05, 0.1) is 33.5 Å². The topological polar surface area (TPSA) is 57.2 Å². The van der Waals surface area contributed by atoms with Crippen LogP contribution in [0.5, 0.6) is 11.5 Å². The Hall–Kier alpha value is -1.30. The minimum absolute atomic E-state index is 0.463. The summed E-state index contributed by atoms with van der Waals surface area (Å²) in [6, 6.07) is 5.35. The summed E-state index contributed by atoms with van der Waals surface area (Å²) in [6.07, 6.45) is -0.152. The highest BCUT2D eigenvalue weighted by molar-refractivity contribution is 5.41. The lowest BCUT2D eigenvalue weighted by Crippen LogP contribution is -2.08. The molecule has 0 radical (unpaired) electrons. The molecular weight excluding hydrogens is 248 g/mol. The molecule has 0 heterocycles. The van der Waals surface area contributed by atoms with E-state index in [0.717, 1.165) is 0 Å². The Bertz CT molecular complexity index is 367. The molecule has 1 aromatic rings. The molecule has 0 aliphatic heterocycles. The van der Waals surface area contributed by atoms with Crippen molar-refractivity contribution < 1.29 is 24.1 Å². The molecule has 1 unspecified atom stereocenters. The highest BCUT2D eigenvalue weighted by Crippen LogP contribution is 2.30. The SMILES string of the molecule is COCCOCCC(O)c1cc(OC)ccc1OC. The number of benzene rings is 1. The fraction of sp³-hybridized carbons (Fsp3) is 0.571. The quantitative estimate of drug-likeness (QED) is 0.693. The van der Waals surface area contributed by atoms with E-state index in [1.807, 2.05) is 0 Å². The molecule has 108 valence electrons. The summed E-state index contributed by atoms with van der Waals surface area (Å²) in [5.74, 6) is 1.33. The maximum Gasteiger partial charge on any atom is 0.124 e. The normalized spacial score (nSPS) is 12.2. The first-order valence-corrected chi connectivity index (χ1v) is 6.19. The van der Waals surface area contributed by atoms with Crippen molar-refractivity contribution in [2.24, 2.45) is 0 Å². The first-order chi connectivity index (χ1) is 9.22. The fourth-order valence-electron chi connectivity index (χ4n) is 1.69. The number of methoxy groups -OCH3 is 3. The number of aliphatic hydroxyl groups excluding tert-OH is 1. The van der Waals surface area contributed by atoms with Gasteiger partial charge in [-0.05, 0) is 18.2 Å². The Morgan fingerprint density at radius 1 is 1.05 bits per heavy atom. The van der Waals surface area contributed by atoms with E-state index in [0.29, 0.717) is 43.3 Å². The lowest BCUT2D eigenvalue weighted by atomic mass is 10.1. The molecule has 5 nitrogen and oxygen atoms in total.